The van der Waals surface area contributed by atoms with E-state index in [-0.39, 0.29) is 11.7 Å². The van der Waals surface area contributed by atoms with Crippen LogP contribution < -0.4 is 5.32 Å². The molecule has 2 aromatic carbocycles. The molecule has 1 unspecified atom stereocenters. The summed E-state index contributed by atoms with van der Waals surface area (Å²) < 4.78 is 0. The number of nitrogens with one attached hydrogen (secondary N) is 1. The Kier molecular flexibility index (Phi) is 8.47. The van der Waals surface area contributed by atoms with Crippen molar-refractivity contribution < 1.29 is 9.90 Å². The van der Waals surface area contributed by atoms with Crippen molar-refractivity contribution in [2.75, 3.05) is 6.54 Å². The fraction of sp³-hybridized carbons (Fsp3) is 0.348. The average Bonchev–Trinajstić information content (AvgIpc) is 2.67. The van der Waals surface area contributed by atoms with Gasteiger partial charge in [0.2, 0.25) is 0 Å². The largest absolute Gasteiger partial charge is 0.508 e. The number of amides is 1. The fourth-order valence-corrected chi connectivity index (χ4v) is 2.87. The van der Waals surface area contributed by atoms with Crippen LogP contribution in [0.15, 0.2) is 66.7 Å². The predicted molar refractivity (Wildman–Crippen MR) is 107 cm³/mol. The Labute approximate surface area is 156 Å². The molecule has 0 aliphatic rings. The summed E-state index contributed by atoms with van der Waals surface area (Å²) >= 11 is 0. The lowest BCUT2D eigenvalue weighted by atomic mass is 9.97. The minimum Gasteiger partial charge on any atom is -0.508 e. The van der Waals surface area contributed by atoms with Crippen molar-refractivity contribution in [1.29, 1.82) is 0 Å². The van der Waals surface area contributed by atoms with E-state index in [1.54, 1.807) is 12.1 Å². The number of allylic oxidation sites excluding steroid dienone is 2. The van der Waals surface area contributed by atoms with Crippen LogP contribution in [-0.2, 0) is 6.42 Å². The lowest BCUT2D eigenvalue weighted by Crippen LogP contribution is -2.29. The molecule has 0 radical (unpaired) electrons. The molecule has 0 saturated heterocycles. The summed E-state index contributed by atoms with van der Waals surface area (Å²) in [5, 5.41) is 12.3. The Hall–Kier alpha value is -2.55. The van der Waals surface area contributed by atoms with E-state index < -0.39 is 0 Å². The molecule has 0 saturated carbocycles. The minimum absolute atomic E-state index is 0.0836. The van der Waals surface area contributed by atoms with Gasteiger partial charge in [-0.1, -0.05) is 62.2 Å². The summed E-state index contributed by atoms with van der Waals surface area (Å²) in [5.41, 5.74) is 1.89. The molecule has 3 nitrogen and oxygen atoms in total. The molecule has 0 aliphatic heterocycles. The number of rotatable bonds is 10. The number of carbonyl (C=O) groups excluding carboxylic acids is 1. The van der Waals surface area contributed by atoms with Crippen molar-refractivity contribution >= 4 is 5.91 Å². The molecule has 0 aromatic heterocycles. The number of phenolic OH excluding ortho intramolecular Hbond substituents is 1. The van der Waals surface area contributed by atoms with Crippen LogP contribution in [0.5, 0.6) is 5.75 Å². The van der Waals surface area contributed by atoms with Gasteiger partial charge in [-0.25, -0.2) is 0 Å². The highest BCUT2D eigenvalue weighted by atomic mass is 16.3. The van der Waals surface area contributed by atoms with Crippen molar-refractivity contribution in [3.8, 4) is 5.75 Å². The van der Waals surface area contributed by atoms with Crippen molar-refractivity contribution in [2.24, 2.45) is 5.92 Å². The average molecular weight is 351 g/mol. The number of benzene rings is 2. The van der Waals surface area contributed by atoms with Crippen LogP contribution in [-0.4, -0.2) is 17.6 Å². The minimum atomic E-state index is -0.0836. The second kappa shape index (κ2) is 11.1. The Morgan fingerprint density at radius 2 is 1.81 bits per heavy atom. The lowest BCUT2D eigenvalue weighted by Gasteiger charge is -2.16. The van der Waals surface area contributed by atoms with Gasteiger partial charge in [0.1, 0.15) is 5.75 Å². The number of phenols is 1. The molecule has 2 aromatic rings. The SMILES string of the molecule is CCCCC(CC=CCc1ccccc1)CNC(=O)c1ccc(O)cc1. The third-order valence-corrected chi connectivity index (χ3v) is 4.48. The second-order valence-corrected chi connectivity index (χ2v) is 6.66. The normalized spacial score (nSPS) is 12.2. The van der Waals surface area contributed by atoms with E-state index in [4.69, 9.17) is 0 Å². The zero-order chi connectivity index (χ0) is 18.6. The van der Waals surface area contributed by atoms with Crippen molar-refractivity contribution in [2.45, 2.75) is 39.0 Å². The number of hydrogen-bond acceptors (Lipinski definition) is 2. The fourth-order valence-electron chi connectivity index (χ4n) is 2.87. The molecule has 0 aliphatic carbocycles. The highest BCUT2D eigenvalue weighted by Gasteiger charge is 2.10. The van der Waals surface area contributed by atoms with E-state index in [1.165, 1.54) is 24.1 Å². The van der Waals surface area contributed by atoms with Crippen LogP contribution in [0.25, 0.3) is 0 Å². The molecule has 26 heavy (non-hydrogen) atoms. The first kappa shape index (κ1) is 19.8. The van der Waals surface area contributed by atoms with Crippen LogP contribution in [0.2, 0.25) is 0 Å². The van der Waals surface area contributed by atoms with Gasteiger partial charge in [-0.05, 0) is 55.0 Å². The second-order valence-electron chi connectivity index (χ2n) is 6.66. The molecule has 2 N–H and O–H groups in total. The zero-order valence-electron chi connectivity index (χ0n) is 15.5. The molecule has 1 amide bonds. The number of unbranched alkanes of at least 4 members (excludes halogenated alkanes) is 1. The molecule has 0 spiro atoms. The summed E-state index contributed by atoms with van der Waals surface area (Å²) in [6.45, 7) is 2.87. The van der Waals surface area contributed by atoms with Gasteiger partial charge in [0, 0.05) is 12.1 Å². The van der Waals surface area contributed by atoms with Gasteiger partial charge in [-0.3, -0.25) is 4.79 Å². The molecule has 0 bridgehead atoms. The van der Waals surface area contributed by atoms with Crippen molar-refractivity contribution in [3.05, 3.63) is 77.9 Å². The van der Waals surface area contributed by atoms with Gasteiger partial charge in [0.25, 0.3) is 5.91 Å². The number of hydrogen-bond donors (Lipinski definition) is 2. The molecule has 1 atom stereocenters. The number of carbonyl (C=O) groups is 1. The molecule has 0 fully saturated rings. The molecule has 3 heteroatoms. The van der Waals surface area contributed by atoms with E-state index in [0.717, 1.165) is 25.7 Å². The summed E-state index contributed by atoms with van der Waals surface area (Å²) in [4.78, 5) is 12.2. The van der Waals surface area contributed by atoms with Gasteiger partial charge < -0.3 is 10.4 Å². The van der Waals surface area contributed by atoms with E-state index in [9.17, 15) is 9.90 Å². The van der Waals surface area contributed by atoms with Gasteiger partial charge in [0.15, 0.2) is 0 Å². The molecular weight excluding hydrogens is 322 g/mol. The quantitative estimate of drug-likeness (QED) is 0.584. The van der Waals surface area contributed by atoms with Crippen LogP contribution >= 0.6 is 0 Å². The van der Waals surface area contributed by atoms with E-state index in [0.29, 0.717) is 18.0 Å². The molecule has 2 rings (SSSR count). The monoisotopic (exact) mass is 351 g/mol. The van der Waals surface area contributed by atoms with E-state index in [2.05, 4.69) is 48.7 Å². The third-order valence-electron chi connectivity index (χ3n) is 4.48. The van der Waals surface area contributed by atoms with E-state index in [1.807, 2.05) is 6.07 Å². The first-order chi connectivity index (χ1) is 12.7. The first-order valence-corrected chi connectivity index (χ1v) is 9.45. The van der Waals surface area contributed by atoms with Gasteiger partial charge >= 0.3 is 0 Å². The zero-order valence-corrected chi connectivity index (χ0v) is 15.5. The van der Waals surface area contributed by atoms with Gasteiger partial charge in [0.05, 0.1) is 0 Å². The Morgan fingerprint density at radius 1 is 1.08 bits per heavy atom. The molecule has 138 valence electrons. The van der Waals surface area contributed by atoms with Gasteiger partial charge in [-0.15, -0.1) is 0 Å². The van der Waals surface area contributed by atoms with Crippen LogP contribution in [0, 0.1) is 5.92 Å². The highest BCUT2D eigenvalue weighted by Crippen LogP contribution is 2.14. The van der Waals surface area contributed by atoms with Gasteiger partial charge in [-0.2, -0.15) is 0 Å². The predicted octanol–water partition coefficient (Wildman–Crippen LogP) is 5.12. The van der Waals surface area contributed by atoms with Crippen molar-refractivity contribution in [1.82, 2.24) is 5.32 Å². The summed E-state index contributed by atoms with van der Waals surface area (Å²) in [5.74, 6) is 0.536. The summed E-state index contributed by atoms with van der Waals surface area (Å²) in [6, 6.07) is 16.8. The third kappa shape index (κ3) is 7.14. The Bertz CT molecular complexity index is 677. The smallest absolute Gasteiger partial charge is 0.251 e. The van der Waals surface area contributed by atoms with Crippen LogP contribution in [0.3, 0.4) is 0 Å². The maximum atomic E-state index is 12.2. The summed E-state index contributed by atoms with van der Waals surface area (Å²) in [7, 11) is 0. The Morgan fingerprint density at radius 3 is 2.50 bits per heavy atom. The molecule has 0 heterocycles. The van der Waals surface area contributed by atoms with Crippen molar-refractivity contribution in [3.63, 3.8) is 0 Å². The maximum absolute atomic E-state index is 12.2. The van der Waals surface area contributed by atoms with Crippen LogP contribution in [0.4, 0.5) is 0 Å². The number of aromatic hydroxyl groups is 1. The first-order valence-electron chi connectivity index (χ1n) is 9.45. The highest BCUT2D eigenvalue weighted by molar-refractivity contribution is 5.94. The maximum Gasteiger partial charge on any atom is 0.251 e. The summed E-state index contributed by atoms with van der Waals surface area (Å²) in [6.07, 6.45) is 9.82. The standard InChI is InChI=1S/C23H29NO2/c1-2-3-9-20(13-8-7-12-19-10-5-4-6-11-19)18-24-23(26)21-14-16-22(25)17-15-21/h4-8,10-11,14-17,20,25H,2-3,9,12-13,18H2,1H3,(H,24,26). The lowest BCUT2D eigenvalue weighted by molar-refractivity contribution is 0.0946. The molecular formula is C23H29NO2. The van der Waals surface area contributed by atoms with Crippen LogP contribution in [0.1, 0.15) is 48.5 Å². The Balaban J connectivity index is 1.81. The topological polar surface area (TPSA) is 49.3 Å². The van der Waals surface area contributed by atoms with E-state index >= 15 is 0 Å².